The molecule has 1 rings (SSSR count). The summed E-state index contributed by atoms with van der Waals surface area (Å²) < 4.78 is 1.90. The van der Waals surface area contributed by atoms with Crippen molar-refractivity contribution in [1.82, 2.24) is 4.31 Å². The van der Waals surface area contributed by atoms with Gasteiger partial charge in [0.1, 0.15) is 0 Å². The van der Waals surface area contributed by atoms with Crippen molar-refractivity contribution in [3.8, 4) is 0 Å². The Morgan fingerprint density at radius 3 is 2.90 bits per heavy atom. The molecular formula is C6H9NOS2. The first-order valence-electron chi connectivity index (χ1n) is 3.19. The van der Waals surface area contributed by atoms with E-state index in [0.29, 0.717) is 0 Å². The highest BCUT2D eigenvalue weighted by molar-refractivity contribution is 8.12. The SMILES string of the molecule is CC(=O)SN1CCCC1=S. The summed E-state index contributed by atoms with van der Waals surface area (Å²) in [6.07, 6.45) is 2.06. The van der Waals surface area contributed by atoms with Gasteiger partial charge in [-0.15, -0.1) is 0 Å². The average molecular weight is 175 g/mol. The maximum Gasteiger partial charge on any atom is 0.206 e. The molecule has 0 aliphatic carbocycles. The summed E-state index contributed by atoms with van der Waals surface area (Å²) in [6.45, 7) is 2.49. The molecule has 4 heteroatoms. The first-order valence-corrected chi connectivity index (χ1v) is 4.37. The minimum atomic E-state index is 0.115. The van der Waals surface area contributed by atoms with E-state index in [1.54, 1.807) is 6.92 Å². The van der Waals surface area contributed by atoms with E-state index in [1.165, 1.54) is 11.9 Å². The van der Waals surface area contributed by atoms with Gasteiger partial charge in [0, 0.05) is 31.8 Å². The average Bonchev–Trinajstić information content (AvgIpc) is 2.15. The fraction of sp³-hybridized carbons (Fsp3) is 0.667. The Morgan fingerprint density at radius 2 is 2.50 bits per heavy atom. The summed E-state index contributed by atoms with van der Waals surface area (Å²) in [5.74, 6) is 0. The minimum absolute atomic E-state index is 0.115. The molecule has 0 atom stereocenters. The van der Waals surface area contributed by atoms with Gasteiger partial charge in [0.2, 0.25) is 5.12 Å². The molecular weight excluding hydrogens is 166 g/mol. The van der Waals surface area contributed by atoms with E-state index >= 15 is 0 Å². The number of carbonyl (C=O) groups excluding carboxylic acids is 1. The third-order valence-electron chi connectivity index (χ3n) is 1.27. The molecule has 1 aliphatic heterocycles. The number of nitrogens with zero attached hydrogens (tertiary/aromatic N) is 1. The zero-order valence-electron chi connectivity index (χ0n) is 5.79. The summed E-state index contributed by atoms with van der Waals surface area (Å²) in [6, 6.07) is 0. The molecule has 0 spiro atoms. The van der Waals surface area contributed by atoms with Gasteiger partial charge in [0.05, 0.1) is 4.99 Å². The summed E-state index contributed by atoms with van der Waals surface area (Å²) in [5.41, 5.74) is 0. The highest BCUT2D eigenvalue weighted by Gasteiger charge is 2.18. The second-order valence-electron chi connectivity index (χ2n) is 2.18. The van der Waals surface area contributed by atoms with E-state index in [-0.39, 0.29) is 5.12 Å². The Bertz CT molecular complexity index is 169. The quantitative estimate of drug-likeness (QED) is 0.445. The van der Waals surface area contributed by atoms with Crippen molar-refractivity contribution in [2.75, 3.05) is 6.54 Å². The number of carbonyl (C=O) groups is 1. The van der Waals surface area contributed by atoms with Crippen molar-refractivity contribution in [1.29, 1.82) is 0 Å². The Balaban J connectivity index is 2.40. The molecule has 0 amide bonds. The normalized spacial score (nSPS) is 18.1. The topological polar surface area (TPSA) is 20.3 Å². The van der Waals surface area contributed by atoms with Crippen LogP contribution in [-0.4, -0.2) is 21.0 Å². The van der Waals surface area contributed by atoms with Crippen molar-refractivity contribution >= 4 is 34.3 Å². The Labute approximate surface area is 70.1 Å². The van der Waals surface area contributed by atoms with Gasteiger partial charge in [-0.3, -0.25) is 4.79 Å². The van der Waals surface area contributed by atoms with Crippen molar-refractivity contribution in [2.45, 2.75) is 19.8 Å². The van der Waals surface area contributed by atoms with E-state index in [1.807, 2.05) is 4.31 Å². The smallest absolute Gasteiger partial charge is 0.206 e. The number of hydrogen-bond acceptors (Lipinski definition) is 3. The zero-order chi connectivity index (χ0) is 7.56. The van der Waals surface area contributed by atoms with Crippen LogP contribution in [0.25, 0.3) is 0 Å². The molecule has 0 N–H and O–H groups in total. The fourth-order valence-electron chi connectivity index (χ4n) is 0.875. The second-order valence-corrected chi connectivity index (χ2v) is 3.85. The number of rotatable bonds is 1. The lowest BCUT2D eigenvalue weighted by Gasteiger charge is -2.12. The molecule has 10 heavy (non-hydrogen) atoms. The standard InChI is InChI=1S/C6H9NOS2/c1-5(8)10-7-4-2-3-6(7)9/h2-4H2,1H3. The van der Waals surface area contributed by atoms with Gasteiger partial charge in [0.15, 0.2) is 0 Å². The van der Waals surface area contributed by atoms with E-state index in [2.05, 4.69) is 0 Å². The largest absolute Gasteiger partial charge is 0.304 e. The van der Waals surface area contributed by atoms with E-state index in [4.69, 9.17) is 12.2 Å². The van der Waals surface area contributed by atoms with Gasteiger partial charge < -0.3 is 4.31 Å². The predicted molar refractivity (Wildman–Crippen MR) is 46.8 cm³/mol. The van der Waals surface area contributed by atoms with Crippen LogP contribution in [0.5, 0.6) is 0 Å². The van der Waals surface area contributed by atoms with Gasteiger partial charge in [0.25, 0.3) is 0 Å². The Hall–Kier alpha value is -0.0900. The Kier molecular flexibility index (Phi) is 2.68. The highest BCUT2D eigenvalue weighted by atomic mass is 32.2. The molecule has 1 heterocycles. The maximum absolute atomic E-state index is 10.6. The van der Waals surface area contributed by atoms with Crippen LogP contribution in [0, 0.1) is 0 Å². The predicted octanol–water partition coefficient (Wildman–Crippen LogP) is 1.60. The summed E-state index contributed by atoms with van der Waals surface area (Å²) in [4.78, 5) is 11.5. The van der Waals surface area contributed by atoms with Crippen LogP contribution < -0.4 is 0 Å². The van der Waals surface area contributed by atoms with E-state index in [9.17, 15) is 4.79 Å². The molecule has 0 unspecified atom stereocenters. The molecule has 0 aromatic rings. The monoisotopic (exact) mass is 175 g/mol. The molecule has 0 aromatic heterocycles. The third-order valence-corrected chi connectivity index (χ3v) is 2.69. The van der Waals surface area contributed by atoms with Gasteiger partial charge in [-0.2, -0.15) is 0 Å². The van der Waals surface area contributed by atoms with Crippen LogP contribution in [0.3, 0.4) is 0 Å². The molecule has 0 bridgehead atoms. The molecule has 1 aliphatic rings. The Morgan fingerprint density at radius 1 is 1.80 bits per heavy atom. The number of hydrogen-bond donors (Lipinski definition) is 0. The van der Waals surface area contributed by atoms with Gasteiger partial charge in [-0.1, -0.05) is 12.2 Å². The fourth-order valence-corrected chi connectivity index (χ4v) is 1.95. The van der Waals surface area contributed by atoms with Crippen molar-refractivity contribution in [3.63, 3.8) is 0 Å². The molecule has 0 radical (unpaired) electrons. The van der Waals surface area contributed by atoms with Gasteiger partial charge in [-0.25, -0.2) is 0 Å². The van der Waals surface area contributed by atoms with E-state index in [0.717, 1.165) is 24.4 Å². The van der Waals surface area contributed by atoms with Crippen molar-refractivity contribution in [3.05, 3.63) is 0 Å². The maximum atomic E-state index is 10.6. The second kappa shape index (κ2) is 3.34. The van der Waals surface area contributed by atoms with Gasteiger partial charge in [-0.05, 0) is 6.42 Å². The molecule has 0 saturated carbocycles. The molecule has 0 aromatic carbocycles. The van der Waals surface area contributed by atoms with Crippen molar-refractivity contribution in [2.24, 2.45) is 0 Å². The van der Waals surface area contributed by atoms with Crippen LogP contribution >= 0.6 is 24.2 Å². The molecule has 56 valence electrons. The van der Waals surface area contributed by atoms with Crippen LogP contribution in [0.2, 0.25) is 0 Å². The lowest BCUT2D eigenvalue weighted by molar-refractivity contribution is -0.109. The van der Waals surface area contributed by atoms with Crippen LogP contribution in [0.1, 0.15) is 19.8 Å². The number of thiocarbonyl (C=S) groups is 1. The summed E-state index contributed by atoms with van der Waals surface area (Å²) >= 11 is 6.24. The van der Waals surface area contributed by atoms with Crippen LogP contribution in [0.4, 0.5) is 0 Å². The van der Waals surface area contributed by atoms with E-state index < -0.39 is 0 Å². The van der Waals surface area contributed by atoms with Crippen LogP contribution in [-0.2, 0) is 4.79 Å². The van der Waals surface area contributed by atoms with Crippen LogP contribution in [0.15, 0.2) is 0 Å². The first kappa shape index (κ1) is 8.01. The first-order chi connectivity index (χ1) is 4.70. The minimum Gasteiger partial charge on any atom is -0.304 e. The lowest BCUT2D eigenvalue weighted by Crippen LogP contribution is -2.15. The summed E-state index contributed by atoms with van der Waals surface area (Å²) in [7, 11) is 0. The van der Waals surface area contributed by atoms with Gasteiger partial charge >= 0.3 is 0 Å². The molecule has 1 saturated heterocycles. The molecule has 1 fully saturated rings. The summed E-state index contributed by atoms with van der Waals surface area (Å²) in [5, 5.41) is 0.115. The highest BCUT2D eigenvalue weighted by Crippen LogP contribution is 2.21. The zero-order valence-corrected chi connectivity index (χ0v) is 7.43. The lowest BCUT2D eigenvalue weighted by atomic mass is 10.4. The third kappa shape index (κ3) is 1.95. The molecule has 2 nitrogen and oxygen atoms in total. The van der Waals surface area contributed by atoms with Crippen molar-refractivity contribution < 1.29 is 4.79 Å².